The fourth-order valence-corrected chi connectivity index (χ4v) is 6.33. The summed E-state index contributed by atoms with van der Waals surface area (Å²) >= 11 is 0. The van der Waals surface area contributed by atoms with Crippen LogP contribution in [0.1, 0.15) is 62.1 Å². The van der Waals surface area contributed by atoms with Crippen molar-refractivity contribution in [2.24, 2.45) is 24.3 Å². The smallest absolute Gasteiger partial charge is 0.165 e. The number of aromatic nitrogens is 2. The summed E-state index contributed by atoms with van der Waals surface area (Å²) in [6, 6.07) is 6.67. The van der Waals surface area contributed by atoms with E-state index in [1.165, 1.54) is 17.5 Å². The molecule has 1 aromatic heterocycles. The molecule has 3 aliphatic carbocycles. The summed E-state index contributed by atoms with van der Waals surface area (Å²) < 4.78 is 7.52. The third-order valence-electron chi connectivity index (χ3n) is 7.71. The van der Waals surface area contributed by atoms with Gasteiger partial charge in [0.15, 0.2) is 5.78 Å². The molecule has 0 unspecified atom stereocenters. The van der Waals surface area contributed by atoms with Crippen molar-refractivity contribution in [3.05, 3.63) is 52.9 Å². The lowest BCUT2D eigenvalue weighted by Gasteiger charge is -2.48. The largest absolute Gasteiger partial charge is 0.494 e. The molecule has 0 bridgehead atoms. The van der Waals surface area contributed by atoms with Gasteiger partial charge in [-0.25, -0.2) is 0 Å². The molecule has 1 aromatic carbocycles. The number of rotatable bonds is 3. The van der Waals surface area contributed by atoms with Crippen LogP contribution in [-0.2, 0) is 18.3 Å². The summed E-state index contributed by atoms with van der Waals surface area (Å²) in [6.07, 6.45) is 11.2. The van der Waals surface area contributed by atoms with E-state index in [0.29, 0.717) is 30.1 Å². The minimum Gasteiger partial charge on any atom is -0.494 e. The summed E-state index contributed by atoms with van der Waals surface area (Å²) in [5.74, 6) is 3.00. The Morgan fingerprint density at radius 3 is 2.97 bits per heavy atom. The normalized spacial score (nSPS) is 32.0. The first-order valence-electron chi connectivity index (χ1n) is 11.0. The van der Waals surface area contributed by atoms with Gasteiger partial charge in [-0.1, -0.05) is 13.0 Å². The van der Waals surface area contributed by atoms with Crippen LogP contribution in [0.4, 0.5) is 0 Å². The van der Waals surface area contributed by atoms with Crippen molar-refractivity contribution in [3.63, 3.8) is 0 Å². The van der Waals surface area contributed by atoms with Crippen molar-refractivity contribution in [2.45, 2.75) is 51.9 Å². The second kappa shape index (κ2) is 6.86. The number of nitrogens with zero attached hydrogens (tertiary/aromatic N) is 2. The number of carbonyl (C=O) groups is 1. The highest BCUT2D eigenvalue weighted by Crippen LogP contribution is 2.60. The predicted octanol–water partition coefficient (Wildman–Crippen LogP) is 4.94. The lowest BCUT2D eigenvalue weighted by Crippen LogP contribution is -2.42. The Bertz CT molecular complexity index is 988. The third-order valence-corrected chi connectivity index (χ3v) is 7.71. The van der Waals surface area contributed by atoms with Crippen molar-refractivity contribution < 1.29 is 9.53 Å². The molecule has 4 atom stereocenters. The second-order valence-corrected chi connectivity index (χ2v) is 9.32. The zero-order chi connectivity index (χ0) is 20.2. The number of carbonyl (C=O) groups excluding carboxylic acids is 1. The average Bonchev–Trinajstić information content (AvgIpc) is 3.23. The van der Waals surface area contributed by atoms with E-state index in [9.17, 15) is 4.79 Å². The number of aryl methyl sites for hydroxylation is 2. The van der Waals surface area contributed by atoms with Crippen LogP contribution in [0.5, 0.6) is 5.75 Å². The molecular formula is C25H30N2O2. The lowest BCUT2D eigenvalue weighted by atomic mass is 9.55. The second-order valence-electron chi connectivity index (χ2n) is 9.32. The summed E-state index contributed by atoms with van der Waals surface area (Å²) in [4.78, 5) is 13.4. The van der Waals surface area contributed by atoms with E-state index in [0.717, 1.165) is 42.6 Å². The summed E-state index contributed by atoms with van der Waals surface area (Å²) in [7, 11) is 1.92. The molecule has 3 aliphatic rings. The summed E-state index contributed by atoms with van der Waals surface area (Å²) in [5.41, 5.74) is 4.80. The molecule has 152 valence electrons. The molecule has 1 heterocycles. The van der Waals surface area contributed by atoms with Crippen LogP contribution in [0.15, 0.2) is 36.2 Å². The highest BCUT2D eigenvalue weighted by Gasteiger charge is 2.56. The molecule has 0 spiro atoms. The minimum absolute atomic E-state index is 0.196. The maximum Gasteiger partial charge on any atom is 0.165 e. The minimum atomic E-state index is -0.196. The van der Waals surface area contributed by atoms with Crippen molar-refractivity contribution in [3.8, 4) is 5.75 Å². The van der Waals surface area contributed by atoms with E-state index >= 15 is 0 Å². The topological polar surface area (TPSA) is 44.1 Å². The fourth-order valence-electron chi connectivity index (χ4n) is 6.33. The van der Waals surface area contributed by atoms with E-state index in [2.05, 4.69) is 36.3 Å². The average molecular weight is 391 g/mol. The van der Waals surface area contributed by atoms with Gasteiger partial charge in [0.2, 0.25) is 0 Å². The van der Waals surface area contributed by atoms with Crippen molar-refractivity contribution >= 4 is 11.9 Å². The zero-order valence-corrected chi connectivity index (χ0v) is 17.6. The standard InChI is InChI=1S/C25H30N2O2/c1-4-29-19-6-8-20-17(12-19)5-7-22-21(20)9-10-25(2)23(22)13-18(24(25)28)11-16-14-26-27(3)15-16/h6,8,11-12,14-15,21-23H,4-5,7,9-10,13H2,1-3H3/b18-11+/t21-,22-,23-,25+/m1/s1. The first-order valence-corrected chi connectivity index (χ1v) is 11.0. The molecule has 0 saturated heterocycles. The van der Waals surface area contributed by atoms with E-state index in [4.69, 9.17) is 4.74 Å². The summed E-state index contributed by atoms with van der Waals surface area (Å²) in [6.45, 7) is 4.97. The molecule has 2 aromatic rings. The highest BCUT2D eigenvalue weighted by atomic mass is 16.5. The van der Waals surface area contributed by atoms with E-state index < -0.39 is 0 Å². The summed E-state index contributed by atoms with van der Waals surface area (Å²) in [5, 5.41) is 4.25. The number of ether oxygens (including phenoxy) is 1. The van der Waals surface area contributed by atoms with Gasteiger partial charge in [0.25, 0.3) is 0 Å². The number of hydrogen-bond donors (Lipinski definition) is 0. The predicted molar refractivity (Wildman–Crippen MR) is 114 cm³/mol. The van der Waals surface area contributed by atoms with Gasteiger partial charge in [-0.05, 0) is 91.7 Å². The number of ketones is 1. The molecule has 0 aliphatic heterocycles. The van der Waals surface area contributed by atoms with Gasteiger partial charge in [-0.15, -0.1) is 0 Å². The third kappa shape index (κ3) is 2.95. The van der Waals surface area contributed by atoms with Gasteiger partial charge in [0.1, 0.15) is 5.75 Å². The Kier molecular flexibility index (Phi) is 4.41. The van der Waals surface area contributed by atoms with Crippen molar-refractivity contribution in [1.29, 1.82) is 0 Å². The van der Waals surface area contributed by atoms with Crippen LogP contribution in [0.25, 0.3) is 6.08 Å². The monoisotopic (exact) mass is 390 g/mol. The molecule has 0 radical (unpaired) electrons. The molecule has 29 heavy (non-hydrogen) atoms. The van der Waals surface area contributed by atoms with Crippen LogP contribution in [0.2, 0.25) is 0 Å². The van der Waals surface area contributed by atoms with Gasteiger partial charge in [0.05, 0.1) is 12.8 Å². The van der Waals surface area contributed by atoms with Crippen LogP contribution in [0.3, 0.4) is 0 Å². The molecule has 4 nitrogen and oxygen atoms in total. The van der Waals surface area contributed by atoms with Gasteiger partial charge in [-0.2, -0.15) is 5.10 Å². The number of fused-ring (bicyclic) bond motifs is 5. The van der Waals surface area contributed by atoms with E-state index in [1.807, 2.05) is 26.4 Å². The molecule has 5 rings (SSSR count). The Balaban J connectivity index is 1.45. The Morgan fingerprint density at radius 2 is 2.21 bits per heavy atom. The van der Waals surface area contributed by atoms with Crippen LogP contribution in [-0.4, -0.2) is 22.2 Å². The van der Waals surface area contributed by atoms with E-state index in [1.54, 1.807) is 4.68 Å². The van der Waals surface area contributed by atoms with Crippen molar-refractivity contribution in [2.75, 3.05) is 6.61 Å². The van der Waals surface area contributed by atoms with Crippen LogP contribution in [0, 0.1) is 17.3 Å². The van der Waals surface area contributed by atoms with Gasteiger partial charge in [0, 0.05) is 24.2 Å². The first-order chi connectivity index (χ1) is 14.0. The number of allylic oxidation sites excluding steroid dienone is 1. The van der Waals surface area contributed by atoms with Crippen LogP contribution < -0.4 is 4.74 Å². The van der Waals surface area contributed by atoms with Gasteiger partial charge < -0.3 is 4.74 Å². The maximum atomic E-state index is 13.4. The zero-order valence-electron chi connectivity index (χ0n) is 17.6. The molecule has 0 N–H and O–H groups in total. The molecule has 0 amide bonds. The Morgan fingerprint density at radius 1 is 1.34 bits per heavy atom. The maximum absolute atomic E-state index is 13.4. The van der Waals surface area contributed by atoms with Crippen LogP contribution >= 0.6 is 0 Å². The molecule has 2 fully saturated rings. The Labute approximate surface area is 173 Å². The highest BCUT2D eigenvalue weighted by molar-refractivity contribution is 6.05. The molecular weight excluding hydrogens is 360 g/mol. The first kappa shape index (κ1) is 18.7. The van der Waals surface area contributed by atoms with Gasteiger partial charge in [-0.3, -0.25) is 9.48 Å². The van der Waals surface area contributed by atoms with Gasteiger partial charge >= 0.3 is 0 Å². The fraction of sp³-hybridized carbons (Fsp3) is 0.520. The number of hydrogen-bond acceptors (Lipinski definition) is 3. The SMILES string of the molecule is CCOc1ccc2c(c1)CC[C@@H]1[C@@H]2CC[C@]2(C)C(=O)/C(=C/c3cnn(C)c3)C[C@H]12. The number of benzene rings is 1. The molecule has 4 heteroatoms. The molecule has 2 saturated carbocycles. The van der Waals surface area contributed by atoms with E-state index in [-0.39, 0.29) is 5.41 Å². The number of Topliss-reactive ketones (excluding diaryl/α,β-unsaturated/α-hetero) is 1. The Hall–Kier alpha value is -2.36. The quantitative estimate of drug-likeness (QED) is 0.698. The van der Waals surface area contributed by atoms with Crippen molar-refractivity contribution in [1.82, 2.24) is 9.78 Å². The lowest BCUT2D eigenvalue weighted by molar-refractivity contribution is -0.127.